The zero-order chi connectivity index (χ0) is 22.9. The first-order chi connectivity index (χ1) is 16.0. The highest BCUT2D eigenvalue weighted by molar-refractivity contribution is 6.21. The fourth-order valence-corrected chi connectivity index (χ4v) is 4.55. The van der Waals surface area contributed by atoms with Crippen LogP contribution >= 0.6 is 0 Å². The minimum absolute atomic E-state index is 0.0536. The van der Waals surface area contributed by atoms with Crippen molar-refractivity contribution in [1.82, 2.24) is 19.7 Å². The van der Waals surface area contributed by atoms with Crippen molar-refractivity contribution in [2.45, 2.75) is 6.42 Å². The molecule has 8 nitrogen and oxygen atoms in total. The molecule has 1 fully saturated rings. The summed E-state index contributed by atoms with van der Waals surface area (Å²) in [5, 5.41) is 0.921. The summed E-state index contributed by atoms with van der Waals surface area (Å²) in [4.78, 5) is 58.5. The van der Waals surface area contributed by atoms with Crippen molar-refractivity contribution in [2.75, 3.05) is 39.3 Å². The van der Waals surface area contributed by atoms with Crippen LogP contribution in [-0.4, -0.2) is 82.5 Å². The van der Waals surface area contributed by atoms with E-state index < -0.39 is 0 Å². The number of hydrogen-bond acceptors (Lipinski definition) is 5. The van der Waals surface area contributed by atoms with Crippen LogP contribution in [0.4, 0.5) is 0 Å². The van der Waals surface area contributed by atoms with Gasteiger partial charge in [-0.05, 0) is 18.2 Å². The van der Waals surface area contributed by atoms with Gasteiger partial charge in [0.1, 0.15) is 0 Å². The van der Waals surface area contributed by atoms with E-state index in [2.05, 4.69) is 9.88 Å². The maximum absolute atomic E-state index is 12.8. The van der Waals surface area contributed by atoms with Crippen molar-refractivity contribution < 1.29 is 19.2 Å². The van der Waals surface area contributed by atoms with Gasteiger partial charge in [-0.1, -0.05) is 30.3 Å². The zero-order valence-corrected chi connectivity index (χ0v) is 18.1. The third-order valence-corrected chi connectivity index (χ3v) is 6.41. The number of para-hydroxylation sites is 1. The normalized spacial score (nSPS) is 16.5. The van der Waals surface area contributed by atoms with Crippen LogP contribution < -0.4 is 0 Å². The number of ketones is 1. The molecule has 1 N–H and O–H groups in total. The van der Waals surface area contributed by atoms with Crippen LogP contribution in [0.2, 0.25) is 0 Å². The summed E-state index contributed by atoms with van der Waals surface area (Å²) in [5.41, 5.74) is 2.41. The summed E-state index contributed by atoms with van der Waals surface area (Å²) >= 11 is 0. The highest BCUT2D eigenvalue weighted by Crippen LogP contribution is 2.23. The van der Waals surface area contributed by atoms with Gasteiger partial charge in [-0.25, -0.2) is 0 Å². The van der Waals surface area contributed by atoms with Crippen LogP contribution in [0.5, 0.6) is 0 Å². The second-order valence-corrected chi connectivity index (χ2v) is 8.39. The van der Waals surface area contributed by atoms with Crippen LogP contribution in [0, 0.1) is 0 Å². The van der Waals surface area contributed by atoms with E-state index in [9.17, 15) is 19.2 Å². The number of carbonyl (C=O) groups is 4. The molecule has 0 bridgehead atoms. The number of carbonyl (C=O) groups excluding carboxylic acids is 4. The van der Waals surface area contributed by atoms with Gasteiger partial charge in [0.15, 0.2) is 5.78 Å². The summed E-state index contributed by atoms with van der Waals surface area (Å²) in [7, 11) is 0. The molecule has 0 unspecified atom stereocenters. The molecule has 1 aromatic heterocycles. The van der Waals surface area contributed by atoms with Gasteiger partial charge < -0.3 is 9.88 Å². The van der Waals surface area contributed by atoms with Crippen molar-refractivity contribution >= 4 is 34.4 Å². The fraction of sp³-hybridized carbons (Fsp3) is 0.280. The van der Waals surface area contributed by atoms with Crippen molar-refractivity contribution in [3.63, 3.8) is 0 Å². The second kappa shape index (κ2) is 8.63. The van der Waals surface area contributed by atoms with Gasteiger partial charge in [-0.15, -0.1) is 0 Å². The lowest BCUT2D eigenvalue weighted by molar-refractivity contribution is -0.132. The summed E-state index contributed by atoms with van der Waals surface area (Å²) in [6.45, 7) is 2.62. The molecule has 168 valence electrons. The van der Waals surface area contributed by atoms with E-state index >= 15 is 0 Å². The SMILES string of the molecule is O=C(CN1CCN(C(=O)CCN2C(=O)c3ccccc3C2=O)CC1)c1c[nH]c2ccccc12. The van der Waals surface area contributed by atoms with Crippen molar-refractivity contribution in [1.29, 1.82) is 0 Å². The minimum atomic E-state index is -0.344. The maximum Gasteiger partial charge on any atom is 0.261 e. The number of amides is 3. The molecular weight excluding hydrogens is 420 g/mol. The Morgan fingerprint density at radius 2 is 1.48 bits per heavy atom. The lowest BCUT2D eigenvalue weighted by Gasteiger charge is -2.34. The number of benzene rings is 2. The first-order valence-corrected chi connectivity index (χ1v) is 11.1. The first-order valence-electron chi connectivity index (χ1n) is 11.1. The number of aromatic nitrogens is 1. The van der Waals surface area contributed by atoms with E-state index in [1.807, 2.05) is 24.3 Å². The number of Topliss-reactive ketones (excluding diaryl/α,β-unsaturated/α-hetero) is 1. The van der Waals surface area contributed by atoms with E-state index in [4.69, 9.17) is 0 Å². The predicted molar refractivity (Wildman–Crippen MR) is 122 cm³/mol. The van der Waals surface area contributed by atoms with E-state index in [1.54, 1.807) is 35.4 Å². The average molecular weight is 444 g/mol. The number of hydrogen-bond donors (Lipinski definition) is 1. The van der Waals surface area contributed by atoms with Crippen molar-refractivity contribution in [3.05, 3.63) is 71.4 Å². The van der Waals surface area contributed by atoms with E-state index in [1.165, 1.54) is 0 Å². The molecule has 2 aliphatic rings. The Balaban J connectivity index is 1.12. The number of imide groups is 1. The number of aromatic amines is 1. The number of H-pyrrole nitrogens is 1. The zero-order valence-electron chi connectivity index (χ0n) is 18.1. The number of nitrogens with zero attached hydrogens (tertiary/aromatic N) is 3. The van der Waals surface area contributed by atoms with Gasteiger partial charge in [0.25, 0.3) is 11.8 Å². The third-order valence-electron chi connectivity index (χ3n) is 6.41. The fourth-order valence-electron chi connectivity index (χ4n) is 4.55. The molecule has 0 aliphatic carbocycles. The summed E-state index contributed by atoms with van der Waals surface area (Å²) in [6.07, 6.45) is 1.85. The van der Waals surface area contributed by atoms with Crippen LogP contribution in [-0.2, 0) is 4.79 Å². The average Bonchev–Trinajstić information content (AvgIpc) is 3.38. The van der Waals surface area contributed by atoms with Crippen LogP contribution in [0.25, 0.3) is 10.9 Å². The van der Waals surface area contributed by atoms with Gasteiger partial charge in [-0.3, -0.25) is 29.0 Å². The molecular formula is C25H24N4O4. The Morgan fingerprint density at radius 3 is 2.18 bits per heavy atom. The highest BCUT2D eigenvalue weighted by atomic mass is 16.2. The molecule has 33 heavy (non-hydrogen) atoms. The Morgan fingerprint density at radius 1 is 0.848 bits per heavy atom. The Labute approximate surface area is 190 Å². The van der Waals surface area contributed by atoms with E-state index in [0.717, 1.165) is 15.8 Å². The van der Waals surface area contributed by atoms with E-state index in [0.29, 0.717) is 49.4 Å². The molecule has 1 saturated heterocycles. The third kappa shape index (κ3) is 3.93. The van der Waals surface area contributed by atoms with Crippen LogP contribution in [0.1, 0.15) is 37.5 Å². The molecule has 3 aromatic rings. The molecule has 0 spiro atoms. The van der Waals surface area contributed by atoms with E-state index in [-0.39, 0.29) is 36.5 Å². The highest BCUT2D eigenvalue weighted by Gasteiger charge is 2.35. The summed E-state index contributed by atoms with van der Waals surface area (Å²) < 4.78 is 0. The Kier molecular flexibility index (Phi) is 5.51. The molecule has 5 rings (SSSR count). The maximum atomic E-state index is 12.8. The lowest BCUT2D eigenvalue weighted by Crippen LogP contribution is -2.50. The number of fused-ring (bicyclic) bond motifs is 2. The molecule has 0 saturated carbocycles. The smallest absolute Gasteiger partial charge is 0.261 e. The molecule has 2 aromatic carbocycles. The van der Waals surface area contributed by atoms with Crippen LogP contribution in [0.15, 0.2) is 54.7 Å². The van der Waals surface area contributed by atoms with Gasteiger partial charge in [0, 0.05) is 61.8 Å². The van der Waals surface area contributed by atoms with Crippen LogP contribution in [0.3, 0.4) is 0 Å². The van der Waals surface area contributed by atoms with Crippen molar-refractivity contribution in [3.8, 4) is 0 Å². The largest absolute Gasteiger partial charge is 0.360 e. The minimum Gasteiger partial charge on any atom is -0.360 e. The Hall–Kier alpha value is -3.78. The summed E-state index contributed by atoms with van der Waals surface area (Å²) in [6, 6.07) is 14.4. The van der Waals surface area contributed by atoms with Gasteiger partial charge >= 0.3 is 0 Å². The van der Waals surface area contributed by atoms with Gasteiger partial charge in [0.2, 0.25) is 5.91 Å². The monoisotopic (exact) mass is 444 g/mol. The van der Waals surface area contributed by atoms with Gasteiger partial charge in [-0.2, -0.15) is 0 Å². The standard InChI is InChI=1S/C25H24N4O4/c30-22(20-15-26-21-8-4-3-5-17(20)21)16-27-11-13-28(14-12-27)23(31)9-10-29-24(32)18-6-1-2-7-19(18)25(29)33/h1-8,15,26H,9-14,16H2. The molecule has 0 radical (unpaired) electrons. The summed E-state index contributed by atoms with van der Waals surface area (Å²) in [5.74, 6) is -0.722. The quantitative estimate of drug-likeness (QED) is 0.465. The number of rotatable bonds is 6. The predicted octanol–water partition coefficient (Wildman–Crippen LogP) is 2.18. The lowest BCUT2D eigenvalue weighted by atomic mass is 10.1. The molecule has 2 aliphatic heterocycles. The molecule has 3 heterocycles. The molecule has 8 heteroatoms. The van der Waals surface area contributed by atoms with Gasteiger partial charge in [0.05, 0.1) is 17.7 Å². The van der Waals surface area contributed by atoms with Crippen molar-refractivity contribution in [2.24, 2.45) is 0 Å². The molecule has 0 atom stereocenters. The topological polar surface area (TPSA) is 93.8 Å². The second-order valence-electron chi connectivity index (χ2n) is 8.39. The number of piperazine rings is 1. The first kappa shape index (κ1) is 21.1. The Bertz CT molecular complexity index is 1220. The molecule has 3 amide bonds. The number of nitrogens with one attached hydrogen (secondary N) is 1.